The molecule has 2 aliphatic rings. The average Bonchev–Trinajstić information content (AvgIpc) is 4.18. The zero-order valence-electron chi connectivity index (χ0n) is 42.1. The Balaban J connectivity index is 1.37. The number of nitrogens with two attached hydrogens (primary N) is 3. The van der Waals surface area contributed by atoms with Crippen LogP contribution < -0.4 is 43.8 Å². The van der Waals surface area contributed by atoms with E-state index in [0.717, 1.165) is 10.9 Å². The smallest absolute Gasteiger partial charge is 0.326 e. The van der Waals surface area contributed by atoms with Gasteiger partial charge in [0.2, 0.25) is 41.4 Å². The number of amides is 7. The third kappa shape index (κ3) is 15.8. The Bertz CT molecular complexity index is 2470. The van der Waals surface area contributed by atoms with Crippen LogP contribution in [-0.4, -0.2) is 170 Å². The lowest BCUT2D eigenvalue weighted by Gasteiger charge is -2.31. The van der Waals surface area contributed by atoms with E-state index in [2.05, 4.69) is 36.6 Å². The van der Waals surface area contributed by atoms with Crippen LogP contribution in [0.25, 0.3) is 10.9 Å². The molecule has 2 fully saturated rings. The molecule has 0 aliphatic carbocycles. The van der Waals surface area contributed by atoms with Crippen LogP contribution in [0.4, 0.5) is 0 Å². The number of nitrogens with zero attached hydrogens (tertiary/aromatic N) is 3. The molecule has 404 valence electrons. The molecular formula is C50H72N12O11S. The molecule has 2 saturated heterocycles. The lowest BCUT2D eigenvalue weighted by molar-refractivity contribution is -0.143. The van der Waals surface area contributed by atoms with Gasteiger partial charge < -0.3 is 73.9 Å². The summed E-state index contributed by atoms with van der Waals surface area (Å²) in [5.74, 6) is -6.25. The minimum atomic E-state index is -1.55. The lowest BCUT2D eigenvalue weighted by Crippen LogP contribution is -2.61. The predicted octanol–water partition coefficient (Wildman–Crippen LogP) is -0.678. The third-order valence-electron chi connectivity index (χ3n) is 13.5. The molecular weight excluding hydrogens is 977 g/mol. The van der Waals surface area contributed by atoms with E-state index >= 15 is 0 Å². The maximum Gasteiger partial charge on any atom is 0.326 e. The summed E-state index contributed by atoms with van der Waals surface area (Å²) in [6.45, 7) is 3.15. The molecule has 0 bridgehead atoms. The van der Waals surface area contributed by atoms with Crippen molar-refractivity contribution in [2.24, 2.45) is 28.1 Å². The zero-order valence-corrected chi connectivity index (χ0v) is 42.9. The van der Waals surface area contributed by atoms with Gasteiger partial charge in [0.25, 0.3) is 0 Å². The number of rotatable bonds is 27. The van der Waals surface area contributed by atoms with E-state index in [4.69, 9.17) is 17.2 Å². The van der Waals surface area contributed by atoms with Gasteiger partial charge in [0.15, 0.2) is 5.96 Å². The van der Waals surface area contributed by atoms with Crippen molar-refractivity contribution in [2.75, 3.05) is 38.2 Å². The summed E-state index contributed by atoms with van der Waals surface area (Å²) in [7, 11) is 0. The second-order valence-corrected chi connectivity index (χ2v) is 19.8. The van der Waals surface area contributed by atoms with Crippen LogP contribution in [0.1, 0.15) is 76.3 Å². The molecule has 1 aromatic heterocycles. The van der Waals surface area contributed by atoms with Gasteiger partial charge in [0, 0.05) is 49.6 Å². The number of nitrogens with one attached hydrogen (secondary N) is 6. The number of carboxylic acid groups (broad SMARTS) is 1. The number of carbonyl (C=O) groups excluding carboxylic acids is 7. The van der Waals surface area contributed by atoms with Crippen molar-refractivity contribution in [3.05, 3.63) is 65.9 Å². The van der Waals surface area contributed by atoms with E-state index in [0.29, 0.717) is 49.0 Å². The number of thioether (sulfide) groups is 1. The lowest BCUT2D eigenvalue weighted by atomic mass is 9.96. The molecule has 2 aromatic carbocycles. The molecule has 0 spiro atoms. The summed E-state index contributed by atoms with van der Waals surface area (Å²) < 4.78 is 0. The van der Waals surface area contributed by atoms with E-state index in [9.17, 15) is 53.7 Å². The highest BCUT2D eigenvalue weighted by atomic mass is 32.2. The third-order valence-corrected chi connectivity index (χ3v) is 14.2. The first kappa shape index (κ1) is 58.0. The standard InChI is InChI=1S/C50H72N12O11S/c1-4-28(2)41(46(69)56-35(49(72)73)12-7-20-54-50(52)53)60-42(65)36(25-30-26-55-34-11-6-5-10-32(30)34)57-44(67)40-14-9-22-62(40)48(71)37(24-29-15-17-31(64)18-16-29)58-43(66)38(27-63)59-45(68)39-13-8-21-61(39)47(70)33(51)19-23-74-3/h5-6,10-11,15-18,26,28,33,35-41,55,63-64H,4,7-9,12-14,19-25,27,51H2,1-3H3,(H,56,69)(H,57,67)(H,58,66)(H,59,68)(H,60,65)(H,72,73)(H4,52,53,54)/t28-,33-,35-,36-,37-,38-,39-,40+,41-/m1/s1. The van der Waals surface area contributed by atoms with Gasteiger partial charge in [-0.15, -0.1) is 0 Å². The highest BCUT2D eigenvalue weighted by Crippen LogP contribution is 2.24. The second-order valence-electron chi connectivity index (χ2n) is 18.8. The van der Waals surface area contributed by atoms with Gasteiger partial charge in [0.1, 0.15) is 48.0 Å². The first-order valence-electron chi connectivity index (χ1n) is 25.0. The summed E-state index contributed by atoms with van der Waals surface area (Å²) in [6, 6.07) is 3.52. The van der Waals surface area contributed by atoms with E-state index in [-0.39, 0.29) is 63.4 Å². The van der Waals surface area contributed by atoms with Crippen LogP contribution in [0.5, 0.6) is 5.75 Å². The van der Waals surface area contributed by atoms with Gasteiger partial charge in [-0.3, -0.25) is 38.6 Å². The van der Waals surface area contributed by atoms with Crippen molar-refractivity contribution in [1.29, 1.82) is 0 Å². The number of fused-ring (bicyclic) bond motifs is 1. The Hall–Kier alpha value is -6.92. The molecule has 24 heteroatoms. The van der Waals surface area contributed by atoms with Gasteiger partial charge in [0.05, 0.1) is 12.6 Å². The van der Waals surface area contributed by atoms with E-state index in [1.54, 1.807) is 32.2 Å². The number of phenols is 1. The number of aromatic nitrogens is 1. The molecule has 5 rings (SSSR count). The van der Waals surface area contributed by atoms with Gasteiger partial charge >= 0.3 is 5.97 Å². The number of para-hydroxylation sites is 1. The van der Waals surface area contributed by atoms with Crippen LogP contribution in [-0.2, 0) is 51.2 Å². The number of carboxylic acids is 1. The Kier molecular flexibility index (Phi) is 21.9. The molecule has 3 heterocycles. The normalized spacial score (nSPS) is 18.2. The number of aliphatic carboxylic acids is 1. The predicted molar refractivity (Wildman–Crippen MR) is 278 cm³/mol. The molecule has 9 atom stereocenters. The number of hydrogen-bond donors (Lipinski definition) is 12. The van der Waals surface area contributed by atoms with Crippen LogP contribution in [0.2, 0.25) is 0 Å². The number of benzene rings is 2. The maximum atomic E-state index is 14.8. The van der Waals surface area contributed by atoms with E-state index in [1.165, 1.54) is 33.7 Å². The molecule has 74 heavy (non-hydrogen) atoms. The molecule has 3 aromatic rings. The number of guanidine groups is 1. The number of aromatic amines is 1. The Morgan fingerprint density at radius 1 is 0.784 bits per heavy atom. The van der Waals surface area contributed by atoms with Gasteiger partial charge in [-0.1, -0.05) is 50.6 Å². The Morgan fingerprint density at radius 3 is 2.00 bits per heavy atom. The van der Waals surface area contributed by atoms with Gasteiger partial charge in [-0.2, -0.15) is 11.8 Å². The van der Waals surface area contributed by atoms with E-state index < -0.39 is 108 Å². The van der Waals surface area contributed by atoms with Crippen LogP contribution in [0, 0.1) is 5.92 Å². The minimum Gasteiger partial charge on any atom is -0.508 e. The van der Waals surface area contributed by atoms with Gasteiger partial charge in [-0.05, 0) is 92.2 Å². The number of aromatic hydroxyl groups is 1. The Labute approximate surface area is 433 Å². The monoisotopic (exact) mass is 1050 g/mol. The van der Waals surface area contributed by atoms with Crippen LogP contribution in [0.3, 0.4) is 0 Å². The van der Waals surface area contributed by atoms with Crippen molar-refractivity contribution >= 4 is 75.9 Å². The van der Waals surface area contributed by atoms with Crippen molar-refractivity contribution in [1.82, 2.24) is 41.4 Å². The van der Waals surface area contributed by atoms with Crippen LogP contribution >= 0.6 is 11.8 Å². The highest BCUT2D eigenvalue weighted by molar-refractivity contribution is 7.98. The number of likely N-dealkylation sites (tertiary alicyclic amines) is 2. The number of phenolic OH excluding ortho intramolecular Hbond substituents is 1. The second kappa shape index (κ2) is 27.9. The summed E-state index contributed by atoms with van der Waals surface area (Å²) in [6.07, 6.45) is 5.79. The van der Waals surface area contributed by atoms with Crippen molar-refractivity contribution < 1.29 is 53.7 Å². The average molecular weight is 1050 g/mol. The summed E-state index contributed by atoms with van der Waals surface area (Å²) in [5, 5.41) is 44.5. The number of H-pyrrole nitrogens is 1. The topological polar surface area (TPSA) is 370 Å². The SMILES string of the molecule is CC[C@@H](C)[C@@H](NC(=O)[C@@H](Cc1c[nH]c2ccccc12)NC(=O)[C@@H]1CCCN1C(=O)[C@@H](Cc1ccc(O)cc1)NC(=O)[C@@H](CO)NC(=O)[C@H]1CCCN1C(=O)[C@H](N)CCSC)C(=O)N[C@H](CCCN=C(N)N)C(=O)O. The quantitative estimate of drug-likeness (QED) is 0.0256. The fraction of sp³-hybridized carbons (Fsp3) is 0.540. The van der Waals surface area contributed by atoms with E-state index in [1.807, 2.05) is 30.5 Å². The molecule has 7 amide bonds. The first-order chi connectivity index (χ1) is 35.4. The number of aliphatic imine (C=N–C) groups is 1. The number of carbonyl (C=O) groups is 8. The fourth-order valence-corrected chi connectivity index (χ4v) is 9.66. The van der Waals surface area contributed by atoms with Gasteiger partial charge in [-0.25, -0.2) is 4.79 Å². The highest BCUT2D eigenvalue weighted by Gasteiger charge is 2.42. The molecule has 15 N–H and O–H groups in total. The fourth-order valence-electron chi connectivity index (χ4n) is 9.17. The minimum absolute atomic E-state index is 0.00978. The molecule has 0 unspecified atom stereocenters. The number of aliphatic hydroxyl groups is 1. The van der Waals surface area contributed by atoms with Crippen molar-refractivity contribution in [3.8, 4) is 5.75 Å². The number of aliphatic hydroxyl groups excluding tert-OH is 1. The van der Waals surface area contributed by atoms with Crippen LogP contribution in [0.15, 0.2) is 59.7 Å². The largest absolute Gasteiger partial charge is 0.508 e. The molecule has 23 nitrogen and oxygen atoms in total. The maximum absolute atomic E-state index is 14.8. The molecule has 2 aliphatic heterocycles. The zero-order chi connectivity index (χ0) is 54.1. The molecule has 0 saturated carbocycles. The molecule has 0 radical (unpaired) electrons. The first-order valence-corrected chi connectivity index (χ1v) is 26.4. The Morgan fingerprint density at radius 2 is 1.39 bits per heavy atom. The number of hydrogen-bond acceptors (Lipinski definition) is 13. The van der Waals surface area contributed by atoms with Crippen molar-refractivity contribution in [2.45, 2.75) is 126 Å². The summed E-state index contributed by atoms with van der Waals surface area (Å²) >= 11 is 1.53. The van der Waals surface area contributed by atoms with Crippen molar-refractivity contribution in [3.63, 3.8) is 0 Å². The summed E-state index contributed by atoms with van der Waals surface area (Å²) in [4.78, 5) is 121. The summed E-state index contributed by atoms with van der Waals surface area (Å²) in [5.41, 5.74) is 18.9.